The molecule has 0 radical (unpaired) electrons. The van der Waals surface area contributed by atoms with E-state index in [4.69, 9.17) is 5.11 Å². The summed E-state index contributed by atoms with van der Waals surface area (Å²) in [6, 6.07) is 0.0505. The van der Waals surface area contributed by atoms with Crippen LogP contribution < -0.4 is 5.32 Å². The van der Waals surface area contributed by atoms with E-state index < -0.39 is 5.97 Å². The third kappa shape index (κ3) is 4.20. The summed E-state index contributed by atoms with van der Waals surface area (Å²) in [5.41, 5.74) is -0.344. The van der Waals surface area contributed by atoms with Crippen LogP contribution in [0.1, 0.15) is 64.2 Å². The van der Waals surface area contributed by atoms with Gasteiger partial charge < -0.3 is 15.5 Å². The van der Waals surface area contributed by atoms with Gasteiger partial charge in [0.1, 0.15) is 0 Å². The Hall–Kier alpha value is -1.10. The Morgan fingerprint density at radius 1 is 1.10 bits per heavy atom. The van der Waals surface area contributed by atoms with Crippen molar-refractivity contribution in [3.63, 3.8) is 0 Å². The molecular formula is C15H25NO4. The van der Waals surface area contributed by atoms with Gasteiger partial charge in [-0.25, -0.2) is 0 Å². The smallest absolute Gasteiger partial charge is 0.303 e. The first-order chi connectivity index (χ1) is 9.49. The molecule has 114 valence electrons. The summed E-state index contributed by atoms with van der Waals surface area (Å²) in [7, 11) is 0. The average molecular weight is 283 g/mol. The number of nitrogens with one attached hydrogen (secondary N) is 1. The summed E-state index contributed by atoms with van der Waals surface area (Å²) in [4.78, 5) is 23.2. The van der Waals surface area contributed by atoms with Crippen LogP contribution in [0.2, 0.25) is 0 Å². The topological polar surface area (TPSA) is 86.6 Å². The zero-order valence-electron chi connectivity index (χ0n) is 11.9. The largest absolute Gasteiger partial charge is 0.481 e. The summed E-state index contributed by atoms with van der Waals surface area (Å²) in [6.45, 7) is 0. The van der Waals surface area contributed by atoms with Crippen LogP contribution in [0.5, 0.6) is 0 Å². The van der Waals surface area contributed by atoms with Crippen LogP contribution in [0.25, 0.3) is 0 Å². The predicted octanol–water partition coefficient (Wildman–Crippen LogP) is 1.83. The molecule has 2 aliphatic rings. The van der Waals surface area contributed by atoms with Crippen LogP contribution in [0.4, 0.5) is 0 Å². The minimum Gasteiger partial charge on any atom is -0.481 e. The van der Waals surface area contributed by atoms with Crippen LogP contribution >= 0.6 is 0 Å². The minimum absolute atomic E-state index is 0.0488. The normalized spacial score (nSPS) is 29.1. The molecule has 0 bridgehead atoms. The molecule has 0 aromatic rings. The van der Waals surface area contributed by atoms with Gasteiger partial charge in [0, 0.05) is 12.5 Å². The summed E-state index contributed by atoms with van der Waals surface area (Å²) in [5, 5.41) is 21.6. The van der Waals surface area contributed by atoms with Crippen molar-refractivity contribution in [3.05, 3.63) is 0 Å². The quantitative estimate of drug-likeness (QED) is 0.718. The van der Waals surface area contributed by atoms with Gasteiger partial charge in [0.25, 0.3) is 0 Å². The summed E-state index contributed by atoms with van der Waals surface area (Å²) in [6.07, 6.45) is 7.08. The fourth-order valence-electron chi connectivity index (χ4n) is 3.78. The fourth-order valence-corrected chi connectivity index (χ4v) is 3.78. The Morgan fingerprint density at radius 2 is 1.80 bits per heavy atom. The number of aliphatic hydroxyl groups is 1. The van der Waals surface area contributed by atoms with Gasteiger partial charge in [-0.15, -0.1) is 0 Å². The maximum atomic E-state index is 12.2. The Kier molecular flexibility index (Phi) is 5.02. The van der Waals surface area contributed by atoms with Crippen molar-refractivity contribution >= 4 is 11.9 Å². The lowest BCUT2D eigenvalue weighted by molar-refractivity contribution is -0.140. The number of rotatable bonds is 5. The van der Waals surface area contributed by atoms with Crippen LogP contribution in [0.15, 0.2) is 0 Å². The Balaban J connectivity index is 1.86. The zero-order valence-corrected chi connectivity index (χ0v) is 11.9. The van der Waals surface area contributed by atoms with E-state index >= 15 is 0 Å². The lowest BCUT2D eigenvalue weighted by Gasteiger charge is -2.30. The summed E-state index contributed by atoms with van der Waals surface area (Å²) in [5.74, 6) is -0.861. The molecule has 1 amide bonds. The molecular weight excluding hydrogens is 258 g/mol. The Morgan fingerprint density at radius 3 is 2.40 bits per heavy atom. The fraction of sp³-hybridized carbons (Fsp3) is 0.867. The molecule has 0 saturated heterocycles. The number of carbonyl (C=O) groups excluding carboxylic acids is 1. The molecule has 2 rings (SSSR count). The number of amides is 1. The molecule has 20 heavy (non-hydrogen) atoms. The number of hydrogen-bond acceptors (Lipinski definition) is 3. The number of carboxylic acids is 1. The molecule has 2 fully saturated rings. The van der Waals surface area contributed by atoms with E-state index in [-0.39, 0.29) is 29.9 Å². The van der Waals surface area contributed by atoms with Crippen molar-refractivity contribution in [1.82, 2.24) is 5.32 Å². The molecule has 0 aromatic carbocycles. The molecule has 0 spiro atoms. The van der Waals surface area contributed by atoms with Gasteiger partial charge in [-0.3, -0.25) is 9.59 Å². The SMILES string of the molecule is O=C(O)CC1(CC(=O)NC2CCCC(O)C2)CCCC1. The van der Waals surface area contributed by atoms with Crippen LogP contribution in [-0.4, -0.2) is 34.2 Å². The maximum absolute atomic E-state index is 12.2. The van der Waals surface area contributed by atoms with Crippen molar-refractivity contribution in [2.75, 3.05) is 0 Å². The van der Waals surface area contributed by atoms with E-state index in [2.05, 4.69) is 5.32 Å². The molecule has 2 atom stereocenters. The van der Waals surface area contributed by atoms with Crippen molar-refractivity contribution in [2.24, 2.45) is 5.41 Å². The first-order valence-corrected chi connectivity index (χ1v) is 7.68. The van der Waals surface area contributed by atoms with Crippen molar-refractivity contribution in [3.8, 4) is 0 Å². The highest BCUT2D eigenvalue weighted by Gasteiger charge is 2.38. The molecule has 0 aliphatic heterocycles. The molecule has 0 aromatic heterocycles. The lowest BCUT2D eigenvalue weighted by Crippen LogP contribution is -2.41. The Labute approximate surface area is 119 Å². The Bertz CT molecular complexity index is 363. The van der Waals surface area contributed by atoms with E-state index in [1.807, 2.05) is 0 Å². The monoisotopic (exact) mass is 283 g/mol. The number of carboxylic acid groups (broad SMARTS) is 1. The molecule has 0 heterocycles. The zero-order chi connectivity index (χ0) is 14.6. The average Bonchev–Trinajstić information content (AvgIpc) is 2.75. The van der Waals surface area contributed by atoms with Crippen molar-refractivity contribution < 1.29 is 19.8 Å². The summed E-state index contributed by atoms with van der Waals surface area (Å²) < 4.78 is 0. The second-order valence-corrected chi connectivity index (χ2v) is 6.54. The molecule has 5 heteroatoms. The number of hydrogen-bond donors (Lipinski definition) is 3. The van der Waals surface area contributed by atoms with Crippen LogP contribution in [0.3, 0.4) is 0 Å². The third-order valence-electron chi connectivity index (χ3n) is 4.74. The van der Waals surface area contributed by atoms with Gasteiger partial charge in [-0.05, 0) is 43.9 Å². The molecule has 2 saturated carbocycles. The predicted molar refractivity (Wildman–Crippen MR) is 74.2 cm³/mol. The van der Waals surface area contributed by atoms with Gasteiger partial charge in [0.05, 0.1) is 12.5 Å². The number of aliphatic hydroxyl groups excluding tert-OH is 1. The number of aliphatic carboxylic acids is 1. The van der Waals surface area contributed by atoms with Crippen molar-refractivity contribution in [2.45, 2.75) is 76.4 Å². The molecule has 2 aliphatic carbocycles. The molecule has 3 N–H and O–H groups in total. The van der Waals surface area contributed by atoms with Gasteiger partial charge in [0.15, 0.2) is 0 Å². The van der Waals surface area contributed by atoms with Crippen molar-refractivity contribution in [1.29, 1.82) is 0 Å². The number of carbonyl (C=O) groups is 2. The first-order valence-electron chi connectivity index (χ1n) is 7.68. The maximum Gasteiger partial charge on any atom is 0.303 e. The molecule has 5 nitrogen and oxygen atoms in total. The summed E-state index contributed by atoms with van der Waals surface area (Å²) >= 11 is 0. The van der Waals surface area contributed by atoms with Gasteiger partial charge in [-0.2, -0.15) is 0 Å². The van der Waals surface area contributed by atoms with E-state index in [0.717, 1.165) is 44.9 Å². The standard InChI is InChI=1S/C15H25NO4/c17-12-5-3-4-11(8-12)16-13(18)9-15(10-14(19)20)6-1-2-7-15/h11-12,17H,1-10H2,(H,16,18)(H,19,20). The third-order valence-corrected chi connectivity index (χ3v) is 4.74. The van der Waals surface area contributed by atoms with E-state index in [1.54, 1.807) is 0 Å². The highest BCUT2D eigenvalue weighted by atomic mass is 16.4. The minimum atomic E-state index is -0.812. The lowest BCUT2D eigenvalue weighted by atomic mass is 9.79. The second kappa shape index (κ2) is 6.57. The highest BCUT2D eigenvalue weighted by molar-refractivity contribution is 5.78. The molecule has 2 unspecified atom stereocenters. The van der Waals surface area contributed by atoms with Gasteiger partial charge in [-0.1, -0.05) is 12.8 Å². The highest BCUT2D eigenvalue weighted by Crippen LogP contribution is 2.44. The second-order valence-electron chi connectivity index (χ2n) is 6.54. The first kappa shape index (κ1) is 15.3. The van der Waals surface area contributed by atoms with E-state index in [0.29, 0.717) is 12.8 Å². The van der Waals surface area contributed by atoms with E-state index in [1.165, 1.54) is 0 Å². The van der Waals surface area contributed by atoms with Crippen LogP contribution in [-0.2, 0) is 9.59 Å². The van der Waals surface area contributed by atoms with Gasteiger partial charge >= 0.3 is 5.97 Å². The van der Waals surface area contributed by atoms with E-state index in [9.17, 15) is 14.7 Å². The van der Waals surface area contributed by atoms with Gasteiger partial charge in [0.2, 0.25) is 5.91 Å². The van der Waals surface area contributed by atoms with Crippen LogP contribution in [0, 0.1) is 5.41 Å².